The number of rotatable bonds is 23. The first-order chi connectivity index (χ1) is 14.5. The predicted octanol–water partition coefficient (Wildman–Crippen LogP) is 1.68. The molecule has 0 radical (unpaired) electrons. The first-order valence-corrected chi connectivity index (χ1v) is 11.9. The van der Waals surface area contributed by atoms with Gasteiger partial charge in [-0.25, -0.2) is 0 Å². The van der Waals surface area contributed by atoms with Crippen LogP contribution in [0.2, 0.25) is 0 Å². The van der Waals surface area contributed by atoms with Crippen LogP contribution in [0.3, 0.4) is 0 Å². The molecule has 0 aromatic heterocycles. The lowest BCUT2D eigenvalue weighted by atomic mass is 10.1. The summed E-state index contributed by atoms with van der Waals surface area (Å²) in [6, 6.07) is -0.849. The minimum absolute atomic E-state index is 0.148. The van der Waals surface area contributed by atoms with E-state index in [1.54, 1.807) is 0 Å². The van der Waals surface area contributed by atoms with E-state index < -0.39 is 17.9 Å². The van der Waals surface area contributed by atoms with Crippen molar-refractivity contribution in [3.8, 4) is 0 Å². The van der Waals surface area contributed by atoms with Gasteiger partial charge in [-0.2, -0.15) is 0 Å². The molecule has 0 aromatic carbocycles. The van der Waals surface area contributed by atoms with Crippen molar-refractivity contribution < 1.29 is 14.7 Å². The van der Waals surface area contributed by atoms with E-state index in [1.807, 2.05) is 4.90 Å². The Morgan fingerprint density at radius 2 is 1.37 bits per heavy atom. The van der Waals surface area contributed by atoms with Crippen LogP contribution in [-0.4, -0.2) is 73.7 Å². The van der Waals surface area contributed by atoms with E-state index in [0.717, 1.165) is 32.5 Å². The molecule has 0 aliphatic heterocycles. The van der Waals surface area contributed by atoms with E-state index in [-0.39, 0.29) is 6.42 Å². The summed E-state index contributed by atoms with van der Waals surface area (Å²) in [4.78, 5) is 24.9. The van der Waals surface area contributed by atoms with Gasteiger partial charge in [-0.15, -0.1) is 0 Å². The lowest BCUT2D eigenvalue weighted by Gasteiger charge is -2.28. The predicted molar refractivity (Wildman–Crippen MR) is 123 cm³/mol. The minimum atomic E-state index is -0.981. The number of hydrogen-bond donors (Lipinski definition) is 5. The molecule has 8 heteroatoms. The Morgan fingerprint density at radius 3 is 1.87 bits per heavy atom. The molecule has 8 nitrogen and oxygen atoms in total. The average molecular weight is 430 g/mol. The summed E-state index contributed by atoms with van der Waals surface area (Å²) in [7, 11) is 0. The number of unbranched alkanes of at least 4 members (excludes halogenated alkanes) is 9. The van der Waals surface area contributed by atoms with Crippen LogP contribution in [-0.2, 0) is 9.59 Å². The van der Waals surface area contributed by atoms with Crippen LogP contribution < -0.4 is 22.1 Å². The van der Waals surface area contributed by atoms with Gasteiger partial charge in [0.25, 0.3) is 0 Å². The van der Waals surface area contributed by atoms with E-state index >= 15 is 0 Å². The highest BCUT2D eigenvalue weighted by molar-refractivity contribution is 5.83. The summed E-state index contributed by atoms with van der Waals surface area (Å²) in [6.07, 6.45) is 12.2. The zero-order valence-electron chi connectivity index (χ0n) is 19.2. The number of amides is 1. The van der Waals surface area contributed by atoms with Crippen molar-refractivity contribution >= 4 is 11.9 Å². The molecule has 30 heavy (non-hydrogen) atoms. The second-order valence-corrected chi connectivity index (χ2v) is 8.03. The largest absolute Gasteiger partial charge is 0.480 e. The molecule has 0 fully saturated rings. The van der Waals surface area contributed by atoms with E-state index in [4.69, 9.17) is 11.5 Å². The van der Waals surface area contributed by atoms with E-state index in [0.29, 0.717) is 26.2 Å². The van der Waals surface area contributed by atoms with Gasteiger partial charge >= 0.3 is 5.97 Å². The third-order valence-electron chi connectivity index (χ3n) is 5.29. The van der Waals surface area contributed by atoms with Crippen molar-refractivity contribution in [3.63, 3.8) is 0 Å². The third-order valence-corrected chi connectivity index (χ3v) is 5.29. The lowest BCUT2D eigenvalue weighted by Crippen LogP contribution is -2.47. The first-order valence-electron chi connectivity index (χ1n) is 11.9. The Bertz CT molecular complexity index is 424. The van der Waals surface area contributed by atoms with Crippen molar-refractivity contribution in [3.05, 3.63) is 0 Å². The number of nitrogens with zero attached hydrogens (tertiary/aromatic N) is 1. The number of carboxylic acids is 1. The number of hydrogen-bond acceptors (Lipinski definition) is 6. The second-order valence-electron chi connectivity index (χ2n) is 8.03. The van der Waals surface area contributed by atoms with Gasteiger partial charge in [0.1, 0.15) is 6.04 Å². The summed E-state index contributed by atoms with van der Waals surface area (Å²) in [5, 5.41) is 16.1. The van der Waals surface area contributed by atoms with Gasteiger partial charge in [-0.05, 0) is 13.0 Å². The van der Waals surface area contributed by atoms with Gasteiger partial charge in [0.2, 0.25) is 5.91 Å². The minimum Gasteiger partial charge on any atom is -0.480 e. The van der Waals surface area contributed by atoms with Crippen LogP contribution in [0, 0.1) is 0 Å². The van der Waals surface area contributed by atoms with Crippen molar-refractivity contribution in [2.75, 3.05) is 45.8 Å². The van der Waals surface area contributed by atoms with Crippen molar-refractivity contribution in [2.24, 2.45) is 11.5 Å². The molecule has 7 N–H and O–H groups in total. The molecule has 0 rings (SSSR count). The van der Waals surface area contributed by atoms with Crippen molar-refractivity contribution in [1.29, 1.82) is 0 Å². The molecule has 1 amide bonds. The normalized spacial score (nSPS) is 12.4. The zero-order chi connectivity index (χ0) is 22.5. The quantitative estimate of drug-likeness (QED) is 0.156. The number of carboxylic acid groups (broad SMARTS) is 1. The Morgan fingerprint density at radius 1 is 0.833 bits per heavy atom. The highest BCUT2D eigenvalue weighted by Crippen LogP contribution is 2.12. The summed E-state index contributed by atoms with van der Waals surface area (Å²) in [5.41, 5.74) is 10.7. The van der Waals surface area contributed by atoms with Gasteiger partial charge in [0.15, 0.2) is 0 Å². The molecule has 1 atom stereocenters. The molecule has 0 saturated carbocycles. The maximum atomic E-state index is 11.7. The first kappa shape index (κ1) is 28.8. The van der Waals surface area contributed by atoms with E-state index in [1.165, 1.54) is 51.4 Å². The topological polar surface area (TPSA) is 134 Å². The lowest BCUT2D eigenvalue weighted by molar-refractivity contribution is -0.145. The maximum Gasteiger partial charge on any atom is 0.321 e. The Labute approximate surface area is 183 Å². The Hall–Kier alpha value is -1.22. The maximum absolute atomic E-state index is 11.7. The van der Waals surface area contributed by atoms with Crippen LogP contribution in [0.5, 0.6) is 0 Å². The summed E-state index contributed by atoms with van der Waals surface area (Å²) in [5.74, 6) is -1.56. The van der Waals surface area contributed by atoms with Gasteiger partial charge in [0.05, 0.1) is 6.42 Å². The van der Waals surface area contributed by atoms with Gasteiger partial charge < -0.3 is 27.2 Å². The van der Waals surface area contributed by atoms with Crippen LogP contribution >= 0.6 is 0 Å². The van der Waals surface area contributed by atoms with Gasteiger partial charge in [0, 0.05) is 39.3 Å². The van der Waals surface area contributed by atoms with E-state index in [2.05, 4.69) is 17.6 Å². The average Bonchev–Trinajstić information content (AvgIpc) is 2.71. The molecule has 0 spiro atoms. The molecule has 0 heterocycles. The van der Waals surface area contributed by atoms with Crippen molar-refractivity contribution in [2.45, 2.75) is 83.6 Å². The number of nitrogens with two attached hydrogens (primary N) is 2. The summed E-state index contributed by atoms with van der Waals surface area (Å²) >= 11 is 0. The SMILES string of the molecule is CCCCCCCCCCCCN(CCNCCNCCN)C(CC(N)=O)C(=O)O. The molecule has 178 valence electrons. The highest BCUT2D eigenvalue weighted by atomic mass is 16.4. The Kier molecular flexibility index (Phi) is 20.2. The van der Waals surface area contributed by atoms with Gasteiger partial charge in [-0.3, -0.25) is 14.5 Å². The summed E-state index contributed by atoms with van der Waals surface area (Å²) < 4.78 is 0. The second kappa shape index (κ2) is 21.0. The van der Waals surface area contributed by atoms with Crippen molar-refractivity contribution in [1.82, 2.24) is 15.5 Å². The number of aliphatic carboxylic acids is 1. The fourth-order valence-corrected chi connectivity index (χ4v) is 3.54. The zero-order valence-corrected chi connectivity index (χ0v) is 19.2. The van der Waals surface area contributed by atoms with Crippen LogP contribution in [0.1, 0.15) is 77.6 Å². The Balaban J connectivity index is 4.19. The molecule has 0 bridgehead atoms. The van der Waals surface area contributed by atoms with Crippen LogP contribution in [0.15, 0.2) is 0 Å². The molecule has 0 aromatic rings. The summed E-state index contributed by atoms with van der Waals surface area (Å²) in [6.45, 7) is 7.17. The number of nitrogens with one attached hydrogen (secondary N) is 2. The molecule has 0 saturated heterocycles. The molecular formula is C22H47N5O3. The number of carbonyl (C=O) groups is 2. The monoisotopic (exact) mass is 429 g/mol. The van der Waals surface area contributed by atoms with Crippen LogP contribution in [0.4, 0.5) is 0 Å². The fourth-order valence-electron chi connectivity index (χ4n) is 3.54. The standard InChI is InChI=1S/C22H47N5O3/c1-2-3-4-5-6-7-8-9-10-11-17-27(20(22(29)30)19-21(24)28)18-16-26-15-14-25-13-12-23/h20,25-26H,2-19,23H2,1H3,(H2,24,28)(H,29,30). The van der Waals surface area contributed by atoms with Gasteiger partial charge in [-0.1, -0.05) is 64.7 Å². The molecular weight excluding hydrogens is 382 g/mol. The molecule has 0 aliphatic carbocycles. The molecule has 0 aliphatic rings. The van der Waals surface area contributed by atoms with E-state index in [9.17, 15) is 14.7 Å². The molecule has 1 unspecified atom stereocenters. The fraction of sp³-hybridized carbons (Fsp3) is 0.909. The smallest absolute Gasteiger partial charge is 0.321 e. The number of carbonyl (C=O) groups excluding carboxylic acids is 1. The third kappa shape index (κ3) is 17.6. The highest BCUT2D eigenvalue weighted by Gasteiger charge is 2.26. The number of primary amides is 1. The van der Waals surface area contributed by atoms with Crippen LogP contribution in [0.25, 0.3) is 0 Å².